The number of halogens is 1. The SMILES string of the molecule is OC(c1cncnc1)c1ccccc1Cl. The molecule has 2 aromatic rings. The fraction of sp³-hybridized carbons (Fsp3) is 0.0909. The molecule has 0 saturated heterocycles. The van der Waals surface area contributed by atoms with Crippen molar-refractivity contribution in [1.29, 1.82) is 0 Å². The van der Waals surface area contributed by atoms with Crippen LogP contribution in [0.5, 0.6) is 0 Å². The second-order valence-electron chi connectivity index (χ2n) is 3.10. The molecule has 2 rings (SSSR count). The number of aromatic nitrogens is 2. The molecule has 1 unspecified atom stereocenters. The second kappa shape index (κ2) is 4.38. The van der Waals surface area contributed by atoms with Gasteiger partial charge in [-0.05, 0) is 6.07 Å². The van der Waals surface area contributed by atoms with Crippen LogP contribution >= 0.6 is 11.6 Å². The van der Waals surface area contributed by atoms with Gasteiger partial charge >= 0.3 is 0 Å². The Bertz CT molecular complexity index is 447. The van der Waals surface area contributed by atoms with E-state index >= 15 is 0 Å². The Morgan fingerprint density at radius 1 is 1.13 bits per heavy atom. The molecule has 76 valence electrons. The fourth-order valence-corrected chi connectivity index (χ4v) is 1.57. The molecule has 0 radical (unpaired) electrons. The zero-order chi connectivity index (χ0) is 10.7. The van der Waals surface area contributed by atoms with E-state index in [-0.39, 0.29) is 0 Å². The average molecular weight is 221 g/mol. The molecule has 1 N–H and O–H groups in total. The van der Waals surface area contributed by atoms with E-state index in [1.807, 2.05) is 12.1 Å². The Morgan fingerprint density at radius 2 is 1.80 bits per heavy atom. The summed E-state index contributed by atoms with van der Waals surface area (Å²) in [5.41, 5.74) is 1.29. The van der Waals surface area contributed by atoms with Crippen molar-refractivity contribution in [2.24, 2.45) is 0 Å². The third kappa shape index (κ3) is 2.14. The summed E-state index contributed by atoms with van der Waals surface area (Å²) in [6, 6.07) is 7.16. The van der Waals surface area contributed by atoms with Gasteiger partial charge in [-0.2, -0.15) is 0 Å². The largest absolute Gasteiger partial charge is 0.383 e. The highest BCUT2D eigenvalue weighted by atomic mass is 35.5. The molecular formula is C11H9ClN2O. The molecule has 0 amide bonds. The molecule has 1 aromatic heterocycles. The number of nitrogens with zero attached hydrogens (tertiary/aromatic N) is 2. The lowest BCUT2D eigenvalue weighted by Gasteiger charge is -2.11. The Labute approximate surface area is 92.4 Å². The van der Waals surface area contributed by atoms with Crippen LogP contribution in [0.2, 0.25) is 5.02 Å². The van der Waals surface area contributed by atoms with Crippen LogP contribution in [0.1, 0.15) is 17.2 Å². The summed E-state index contributed by atoms with van der Waals surface area (Å²) in [5.74, 6) is 0. The molecule has 0 aliphatic heterocycles. The third-order valence-electron chi connectivity index (χ3n) is 2.10. The fourth-order valence-electron chi connectivity index (χ4n) is 1.33. The highest BCUT2D eigenvalue weighted by molar-refractivity contribution is 6.31. The molecule has 15 heavy (non-hydrogen) atoms. The molecule has 3 nitrogen and oxygen atoms in total. The Kier molecular flexibility index (Phi) is 2.94. The lowest BCUT2D eigenvalue weighted by Crippen LogP contribution is -2.01. The van der Waals surface area contributed by atoms with Gasteiger partial charge in [0.15, 0.2) is 0 Å². The maximum absolute atomic E-state index is 10.0. The molecule has 0 fully saturated rings. The summed E-state index contributed by atoms with van der Waals surface area (Å²) in [5, 5.41) is 10.5. The monoisotopic (exact) mass is 220 g/mol. The Morgan fingerprint density at radius 3 is 2.47 bits per heavy atom. The topological polar surface area (TPSA) is 46.0 Å². The lowest BCUT2D eigenvalue weighted by molar-refractivity contribution is 0.219. The van der Waals surface area contributed by atoms with Gasteiger partial charge < -0.3 is 5.11 Å². The summed E-state index contributed by atoms with van der Waals surface area (Å²) >= 11 is 5.97. The van der Waals surface area contributed by atoms with Crippen molar-refractivity contribution in [2.45, 2.75) is 6.10 Å². The van der Waals surface area contributed by atoms with Crippen molar-refractivity contribution >= 4 is 11.6 Å². The van der Waals surface area contributed by atoms with E-state index in [4.69, 9.17) is 11.6 Å². The maximum Gasteiger partial charge on any atom is 0.115 e. The number of aliphatic hydroxyl groups is 1. The van der Waals surface area contributed by atoms with E-state index < -0.39 is 6.10 Å². The molecule has 1 heterocycles. The Balaban J connectivity index is 2.37. The van der Waals surface area contributed by atoms with Gasteiger partial charge in [0, 0.05) is 28.5 Å². The number of rotatable bonds is 2. The number of hydrogen-bond acceptors (Lipinski definition) is 3. The van der Waals surface area contributed by atoms with Gasteiger partial charge in [-0.25, -0.2) is 9.97 Å². The van der Waals surface area contributed by atoms with Crippen LogP contribution in [-0.2, 0) is 0 Å². The van der Waals surface area contributed by atoms with Gasteiger partial charge in [-0.15, -0.1) is 0 Å². The predicted octanol–water partition coefficient (Wildman–Crippen LogP) is 2.21. The van der Waals surface area contributed by atoms with Gasteiger partial charge in [0.1, 0.15) is 12.4 Å². The minimum absolute atomic E-state index is 0.536. The average Bonchev–Trinajstić information content (AvgIpc) is 2.30. The zero-order valence-electron chi connectivity index (χ0n) is 7.84. The first-order chi connectivity index (χ1) is 7.29. The number of benzene rings is 1. The first kappa shape index (κ1) is 10.1. The number of aliphatic hydroxyl groups excluding tert-OH is 1. The normalized spacial score (nSPS) is 12.4. The van der Waals surface area contributed by atoms with Crippen LogP contribution in [0.4, 0.5) is 0 Å². The highest BCUT2D eigenvalue weighted by Crippen LogP contribution is 2.26. The molecule has 1 aromatic carbocycles. The van der Waals surface area contributed by atoms with Crippen molar-refractivity contribution in [1.82, 2.24) is 9.97 Å². The van der Waals surface area contributed by atoms with Gasteiger partial charge in [0.25, 0.3) is 0 Å². The minimum Gasteiger partial charge on any atom is -0.383 e. The van der Waals surface area contributed by atoms with Crippen LogP contribution in [0, 0.1) is 0 Å². The molecule has 0 spiro atoms. The van der Waals surface area contributed by atoms with Gasteiger partial charge in [0.05, 0.1) is 0 Å². The summed E-state index contributed by atoms with van der Waals surface area (Å²) in [7, 11) is 0. The van der Waals surface area contributed by atoms with Gasteiger partial charge in [0.2, 0.25) is 0 Å². The van der Waals surface area contributed by atoms with E-state index in [1.54, 1.807) is 24.5 Å². The maximum atomic E-state index is 10.0. The van der Waals surface area contributed by atoms with Crippen molar-refractivity contribution < 1.29 is 5.11 Å². The molecule has 0 bridgehead atoms. The smallest absolute Gasteiger partial charge is 0.115 e. The van der Waals surface area contributed by atoms with E-state index in [9.17, 15) is 5.11 Å². The van der Waals surface area contributed by atoms with Crippen LogP contribution in [0.15, 0.2) is 43.0 Å². The van der Waals surface area contributed by atoms with E-state index in [0.29, 0.717) is 16.1 Å². The summed E-state index contributed by atoms with van der Waals surface area (Å²) in [6.07, 6.45) is 3.78. The van der Waals surface area contributed by atoms with E-state index in [0.717, 1.165) is 0 Å². The van der Waals surface area contributed by atoms with Crippen molar-refractivity contribution in [3.8, 4) is 0 Å². The predicted molar refractivity (Wildman–Crippen MR) is 57.5 cm³/mol. The molecular weight excluding hydrogens is 212 g/mol. The Hall–Kier alpha value is -1.45. The zero-order valence-corrected chi connectivity index (χ0v) is 8.59. The van der Waals surface area contributed by atoms with E-state index in [1.165, 1.54) is 6.33 Å². The third-order valence-corrected chi connectivity index (χ3v) is 2.44. The molecule has 0 aliphatic carbocycles. The van der Waals surface area contributed by atoms with Crippen molar-refractivity contribution in [2.75, 3.05) is 0 Å². The quantitative estimate of drug-likeness (QED) is 0.844. The van der Waals surface area contributed by atoms with Gasteiger partial charge in [-0.3, -0.25) is 0 Å². The molecule has 0 aliphatic rings. The summed E-state index contributed by atoms with van der Waals surface area (Å²) in [4.78, 5) is 7.69. The standard InChI is InChI=1S/C11H9ClN2O/c12-10-4-2-1-3-9(10)11(15)8-5-13-7-14-6-8/h1-7,11,15H. The molecule has 4 heteroatoms. The minimum atomic E-state index is -0.778. The number of hydrogen-bond donors (Lipinski definition) is 1. The van der Waals surface area contributed by atoms with Crippen LogP contribution < -0.4 is 0 Å². The van der Waals surface area contributed by atoms with Gasteiger partial charge in [-0.1, -0.05) is 29.8 Å². The lowest BCUT2D eigenvalue weighted by atomic mass is 10.0. The highest BCUT2D eigenvalue weighted by Gasteiger charge is 2.13. The summed E-state index contributed by atoms with van der Waals surface area (Å²) < 4.78 is 0. The van der Waals surface area contributed by atoms with Crippen LogP contribution in [0.25, 0.3) is 0 Å². The second-order valence-corrected chi connectivity index (χ2v) is 3.50. The first-order valence-corrected chi connectivity index (χ1v) is 4.84. The van der Waals surface area contributed by atoms with Crippen molar-refractivity contribution in [3.63, 3.8) is 0 Å². The van der Waals surface area contributed by atoms with Crippen molar-refractivity contribution in [3.05, 3.63) is 59.1 Å². The van der Waals surface area contributed by atoms with E-state index in [2.05, 4.69) is 9.97 Å². The molecule has 1 atom stereocenters. The van der Waals surface area contributed by atoms with Crippen LogP contribution in [0.3, 0.4) is 0 Å². The van der Waals surface area contributed by atoms with Crippen LogP contribution in [-0.4, -0.2) is 15.1 Å². The summed E-state index contributed by atoms with van der Waals surface area (Å²) in [6.45, 7) is 0. The molecule has 0 saturated carbocycles. The first-order valence-electron chi connectivity index (χ1n) is 4.46.